The number of aromatic nitrogens is 4. The summed E-state index contributed by atoms with van der Waals surface area (Å²) in [6.07, 6.45) is 9.70. The van der Waals surface area contributed by atoms with E-state index in [0.29, 0.717) is 11.5 Å². The third kappa shape index (κ3) is 3.20. The first kappa shape index (κ1) is 15.6. The molecule has 25 heavy (non-hydrogen) atoms. The van der Waals surface area contributed by atoms with Crippen molar-refractivity contribution >= 4 is 5.91 Å². The standard InChI is InChI=1S/C19H21N5O/c1-22-13-17(12-21-22)16-6-3-9-23(14-16)19(25)15-5-2-7-18(11-15)24-10-4-8-20-24/h2,4-5,7-8,10-13,16H,3,6,9,14H2,1H3. The minimum atomic E-state index is 0.0857. The third-order valence-corrected chi connectivity index (χ3v) is 4.77. The lowest BCUT2D eigenvalue weighted by Gasteiger charge is -2.32. The predicted molar refractivity (Wildman–Crippen MR) is 94.7 cm³/mol. The maximum absolute atomic E-state index is 13.0. The fourth-order valence-electron chi connectivity index (χ4n) is 3.47. The van der Waals surface area contributed by atoms with Crippen molar-refractivity contribution in [2.24, 2.45) is 7.05 Å². The van der Waals surface area contributed by atoms with Gasteiger partial charge in [0.25, 0.3) is 5.91 Å². The fourth-order valence-corrected chi connectivity index (χ4v) is 3.47. The number of aryl methyl sites for hydroxylation is 1. The van der Waals surface area contributed by atoms with E-state index in [1.807, 2.05) is 59.4 Å². The zero-order valence-corrected chi connectivity index (χ0v) is 14.2. The van der Waals surface area contributed by atoms with Gasteiger partial charge in [-0.2, -0.15) is 10.2 Å². The molecule has 0 bridgehead atoms. The summed E-state index contributed by atoms with van der Waals surface area (Å²) in [5.41, 5.74) is 2.82. The van der Waals surface area contributed by atoms with Crippen LogP contribution in [0.1, 0.15) is 34.7 Å². The topological polar surface area (TPSA) is 56.0 Å². The maximum atomic E-state index is 13.0. The maximum Gasteiger partial charge on any atom is 0.253 e. The van der Waals surface area contributed by atoms with E-state index in [1.165, 1.54) is 5.56 Å². The van der Waals surface area contributed by atoms with Crippen LogP contribution in [0.25, 0.3) is 5.69 Å². The van der Waals surface area contributed by atoms with Gasteiger partial charge >= 0.3 is 0 Å². The highest BCUT2D eigenvalue weighted by molar-refractivity contribution is 5.94. The zero-order valence-electron chi connectivity index (χ0n) is 14.2. The molecule has 4 rings (SSSR count). The lowest BCUT2D eigenvalue weighted by molar-refractivity contribution is 0.0707. The highest BCUT2D eigenvalue weighted by Crippen LogP contribution is 2.27. The van der Waals surface area contributed by atoms with Gasteiger partial charge in [-0.15, -0.1) is 0 Å². The molecule has 0 radical (unpaired) electrons. The fraction of sp³-hybridized carbons (Fsp3) is 0.316. The molecule has 0 spiro atoms. The summed E-state index contributed by atoms with van der Waals surface area (Å²) in [6.45, 7) is 1.55. The second kappa shape index (κ2) is 6.55. The average molecular weight is 335 g/mol. The second-order valence-corrected chi connectivity index (χ2v) is 6.54. The van der Waals surface area contributed by atoms with Gasteiger partial charge in [-0.05, 0) is 42.7 Å². The van der Waals surface area contributed by atoms with E-state index in [2.05, 4.69) is 16.4 Å². The monoisotopic (exact) mass is 335 g/mol. The zero-order chi connectivity index (χ0) is 17.2. The number of carbonyl (C=O) groups is 1. The number of piperidine rings is 1. The molecule has 1 aliphatic rings. The highest BCUT2D eigenvalue weighted by atomic mass is 16.2. The number of amides is 1. The van der Waals surface area contributed by atoms with Gasteiger partial charge in [0.2, 0.25) is 0 Å². The van der Waals surface area contributed by atoms with Crippen LogP contribution >= 0.6 is 0 Å². The van der Waals surface area contributed by atoms with Crippen LogP contribution < -0.4 is 0 Å². The number of likely N-dealkylation sites (tertiary alicyclic amines) is 1. The second-order valence-electron chi connectivity index (χ2n) is 6.54. The predicted octanol–water partition coefficient (Wildman–Crippen LogP) is 2.63. The summed E-state index contributed by atoms with van der Waals surface area (Å²) < 4.78 is 3.59. The normalized spacial score (nSPS) is 17.6. The average Bonchev–Trinajstić information content (AvgIpc) is 3.33. The van der Waals surface area contributed by atoms with Gasteiger partial charge in [0.15, 0.2) is 0 Å². The molecule has 3 aromatic rings. The summed E-state index contributed by atoms with van der Waals surface area (Å²) >= 11 is 0. The van der Waals surface area contributed by atoms with E-state index in [1.54, 1.807) is 10.9 Å². The molecule has 1 saturated heterocycles. The molecule has 6 heteroatoms. The summed E-state index contributed by atoms with van der Waals surface area (Å²) in [4.78, 5) is 14.9. The van der Waals surface area contributed by atoms with Gasteiger partial charge in [-0.25, -0.2) is 4.68 Å². The summed E-state index contributed by atoms with van der Waals surface area (Å²) in [5.74, 6) is 0.447. The Morgan fingerprint density at radius 3 is 2.92 bits per heavy atom. The van der Waals surface area contributed by atoms with Crippen molar-refractivity contribution in [1.29, 1.82) is 0 Å². The Labute approximate surface area is 146 Å². The first-order chi connectivity index (χ1) is 12.2. The molecule has 2 aromatic heterocycles. The molecule has 3 heterocycles. The Balaban J connectivity index is 1.53. The molecule has 1 aromatic carbocycles. The van der Waals surface area contributed by atoms with Crippen LogP contribution in [0.2, 0.25) is 0 Å². The number of benzene rings is 1. The molecular weight excluding hydrogens is 314 g/mol. The van der Waals surface area contributed by atoms with E-state index in [0.717, 1.165) is 31.6 Å². The van der Waals surface area contributed by atoms with Crippen molar-refractivity contribution < 1.29 is 4.79 Å². The molecule has 1 amide bonds. The molecule has 1 aliphatic heterocycles. The van der Waals surface area contributed by atoms with E-state index in [-0.39, 0.29) is 5.91 Å². The van der Waals surface area contributed by atoms with Crippen LogP contribution in [0.5, 0.6) is 0 Å². The number of nitrogens with zero attached hydrogens (tertiary/aromatic N) is 5. The molecule has 1 fully saturated rings. The van der Waals surface area contributed by atoms with Crippen molar-refractivity contribution in [1.82, 2.24) is 24.5 Å². The Morgan fingerprint density at radius 1 is 1.24 bits per heavy atom. The first-order valence-corrected chi connectivity index (χ1v) is 8.58. The van der Waals surface area contributed by atoms with Gasteiger partial charge < -0.3 is 4.90 Å². The third-order valence-electron chi connectivity index (χ3n) is 4.77. The van der Waals surface area contributed by atoms with Crippen LogP contribution in [0.15, 0.2) is 55.1 Å². The van der Waals surface area contributed by atoms with Gasteiger partial charge in [-0.1, -0.05) is 6.07 Å². The number of hydrogen-bond acceptors (Lipinski definition) is 3. The van der Waals surface area contributed by atoms with Crippen molar-refractivity contribution in [2.45, 2.75) is 18.8 Å². The van der Waals surface area contributed by atoms with E-state index in [4.69, 9.17) is 0 Å². The highest BCUT2D eigenvalue weighted by Gasteiger charge is 2.26. The molecular formula is C19H21N5O. The first-order valence-electron chi connectivity index (χ1n) is 8.58. The SMILES string of the molecule is Cn1cc(C2CCCN(C(=O)c3cccc(-n4cccn4)c3)C2)cn1. The molecule has 0 aliphatic carbocycles. The van der Waals surface area contributed by atoms with Gasteiger partial charge in [-0.3, -0.25) is 9.48 Å². The van der Waals surface area contributed by atoms with Gasteiger partial charge in [0.1, 0.15) is 0 Å². The van der Waals surface area contributed by atoms with E-state index >= 15 is 0 Å². The smallest absolute Gasteiger partial charge is 0.253 e. The Kier molecular flexibility index (Phi) is 4.09. The Hall–Kier alpha value is -2.89. The van der Waals surface area contributed by atoms with Gasteiger partial charge in [0, 0.05) is 50.2 Å². The van der Waals surface area contributed by atoms with Crippen LogP contribution in [0.4, 0.5) is 0 Å². The van der Waals surface area contributed by atoms with Crippen molar-refractivity contribution in [3.63, 3.8) is 0 Å². The Bertz CT molecular complexity index is 868. The number of hydrogen-bond donors (Lipinski definition) is 0. The molecule has 0 saturated carbocycles. The van der Waals surface area contributed by atoms with Crippen LogP contribution in [0, 0.1) is 0 Å². The molecule has 0 N–H and O–H groups in total. The largest absolute Gasteiger partial charge is 0.338 e. The summed E-state index contributed by atoms with van der Waals surface area (Å²) in [5, 5.41) is 8.50. The molecule has 128 valence electrons. The lowest BCUT2D eigenvalue weighted by Crippen LogP contribution is -2.39. The quantitative estimate of drug-likeness (QED) is 0.739. The lowest BCUT2D eigenvalue weighted by atomic mass is 9.92. The van der Waals surface area contributed by atoms with Crippen molar-refractivity contribution in [3.8, 4) is 5.69 Å². The van der Waals surface area contributed by atoms with Gasteiger partial charge in [0.05, 0.1) is 11.9 Å². The molecule has 1 atom stereocenters. The van der Waals surface area contributed by atoms with Crippen LogP contribution in [-0.2, 0) is 7.05 Å². The minimum Gasteiger partial charge on any atom is -0.338 e. The van der Waals surface area contributed by atoms with Crippen LogP contribution in [-0.4, -0.2) is 43.5 Å². The molecule has 1 unspecified atom stereocenters. The Morgan fingerprint density at radius 2 is 2.16 bits per heavy atom. The van der Waals surface area contributed by atoms with Crippen molar-refractivity contribution in [3.05, 3.63) is 66.2 Å². The summed E-state index contributed by atoms with van der Waals surface area (Å²) in [6, 6.07) is 9.52. The van der Waals surface area contributed by atoms with Crippen molar-refractivity contribution in [2.75, 3.05) is 13.1 Å². The van der Waals surface area contributed by atoms with E-state index < -0.39 is 0 Å². The van der Waals surface area contributed by atoms with Crippen LogP contribution in [0.3, 0.4) is 0 Å². The minimum absolute atomic E-state index is 0.0857. The number of carbonyl (C=O) groups excluding carboxylic acids is 1. The molecule has 6 nitrogen and oxygen atoms in total. The number of rotatable bonds is 3. The van der Waals surface area contributed by atoms with E-state index in [9.17, 15) is 4.79 Å². The summed E-state index contributed by atoms with van der Waals surface area (Å²) in [7, 11) is 1.93.